The summed E-state index contributed by atoms with van der Waals surface area (Å²) in [6.07, 6.45) is 10.2. The van der Waals surface area contributed by atoms with Crippen molar-refractivity contribution < 1.29 is 0 Å². The van der Waals surface area contributed by atoms with Gasteiger partial charge in [-0.25, -0.2) is 9.97 Å². The topological polar surface area (TPSA) is 63.0 Å². The van der Waals surface area contributed by atoms with Crippen LogP contribution in [0.4, 0.5) is 5.82 Å². The number of piperidine rings is 1. The zero-order chi connectivity index (χ0) is 18.2. The van der Waals surface area contributed by atoms with Gasteiger partial charge in [0.25, 0.3) is 0 Å². The van der Waals surface area contributed by atoms with Crippen LogP contribution in [-0.4, -0.2) is 55.8 Å². The molecule has 2 aromatic rings. The van der Waals surface area contributed by atoms with Crippen LogP contribution in [0.1, 0.15) is 60.9 Å². The largest absolute Gasteiger partial charge is 0.356 e. The van der Waals surface area contributed by atoms with Gasteiger partial charge in [-0.2, -0.15) is 0 Å². The van der Waals surface area contributed by atoms with E-state index in [1.165, 1.54) is 62.3 Å². The maximum Gasteiger partial charge on any atom is 0.146 e. The summed E-state index contributed by atoms with van der Waals surface area (Å²) in [7, 11) is 2.14. The maximum absolute atomic E-state index is 4.66. The lowest BCUT2D eigenvalue weighted by atomic mass is 9.96. The third kappa shape index (κ3) is 3.22. The van der Waals surface area contributed by atoms with Gasteiger partial charge in [-0.05, 0) is 58.0 Å². The second-order valence-electron chi connectivity index (χ2n) is 8.28. The highest BCUT2D eigenvalue weighted by atomic mass is 15.3. The average Bonchev–Trinajstić information content (AvgIpc) is 3.44. The summed E-state index contributed by atoms with van der Waals surface area (Å²) in [6, 6.07) is 0. The van der Waals surface area contributed by atoms with Crippen LogP contribution in [0, 0.1) is 0 Å². The lowest BCUT2D eigenvalue weighted by molar-refractivity contribution is 0.317. The van der Waals surface area contributed by atoms with Crippen LogP contribution in [0.25, 0.3) is 0 Å². The summed E-state index contributed by atoms with van der Waals surface area (Å²) in [6.45, 7) is 5.38. The Bertz CT molecular complexity index is 809. The number of hydrogen-bond acceptors (Lipinski definition) is 6. The second-order valence-corrected chi connectivity index (χ2v) is 8.28. The van der Waals surface area contributed by atoms with Gasteiger partial charge in [0, 0.05) is 37.3 Å². The molecule has 2 aromatic heterocycles. The minimum Gasteiger partial charge on any atom is -0.356 e. The number of anilines is 1. The van der Waals surface area contributed by atoms with Gasteiger partial charge in [0.05, 0.1) is 6.54 Å². The van der Waals surface area contributed by atoms with Crippen molar-refractivity contribution in [2.75, 3.05) is 31.1 Å². The van der Waals surface area contributed by atoms with Gasteiger partial charge in [0.15, 0.2) is 0 Å². The molecule has 3 aliphatic rings. The maximum atomic E-state index is 4.66. The van der Waals surface area contributed by atoms with E-state index in [2.05, 4.69) is 41.6 Å². The molecule has 144 valence electrons. The smallest absolute Gasteiger partial charge is 0.146 e. The highest BCUT2D eigenvalue weighted by Crippen LogP contribution is 2.33. The Hall–Kier alpha value is -2.02. The van der Waals surface area contributed by atoms with Gasteiger partial charge in [-0.1, -0.05) is 0 Å². The molecule has 0 N–H and O–H groups in total. The summed E-state index contributed by atoms with van der Waals surface area (Å²) in [4.78, 5) is 14.1. The van der Waals surface area contributed by atoms with Crippen molar-refractivity contribution in [1.82, 2.24) is 29.6 Å². The molecule has 0 amide bonds. The number of aromatic nitrogens is 5. The standard InChI is InChI=1S/C20H29N7/c1-25-18(13-26-9-2-3-10-26)23-24-19(25)15-6-5-11-27(12-15)20-16-7-4-8-17(16)21-14-22-20/h14-15H,2-13H2,1H3/t15-/m1/s1. The molecule has 0 saturated carbocycles. The molecule has 2 saturated heterocycles. The first-order valence-electron chi connectivity index (χ1n) is 10.5. The van der Waals surface area contributed by atoms with Crippen molar-refractivity contribution in [3.05, 3.63) is 29.2 Å². The molecule has 1 atom stereocenters. The van der Waals surface area contributed by atoms with E-state index in [4.69, 9.17) is 0 Å². The van der Waals surface area contributed by atoms with Crippen molar-refractivity contribution in [3.8, 4) is 0 Å². The zero-order valence-corrected chi connectivity index (χ0v) is 16.3. The number of hydrogen-bond donors (Lipinski definition) is 0. The first-order valence-corrected chi connectivity index (χ1v) is 10.5. The highest BCUT2D eigenvalue weighted by Gasteiger charge is 2.29. The molecule has 0 spiro atoms. The van der Waals surface area contributed by atoms with Gasteiger partial charge in [0.2, 0.25) is 0 Å². The van der Waals surface area contributed by atoms with Gasteiger partial charge in [0.1, 0.15) is 23.8 Å². The Kier molecular flexibility index (Phi) is 4.55. The molecule has 27 heavy (non-hydrogen) atoms. The van der Waals surface area contributed by atoms with Crippen LogP contribution < -0.4 is 4.90 Å². The molecule has 0 radical (unpaired) electrons. The second kappa shape index (κ2) is 7.19. The van der Waals surface area contributed by atoms with Crippen LogP contribution in [0.2, 0.25) is 0 Å². The molecule has 4 heterocycles. The van der Waals surface area contributed by atoms with Crippen LogP contribution in [0.5, 0.6) is 0 Å². The fraction of sp³-hybridized carbons (Fsp3) is 0.700. The summed E-state index contributed by atoms with van der Waals surface area (Å²) in [5, 5.41) is 9.15. The first-order chi connectivity index (χ1) is 13.3. The van der Waals surface area contributed by atoms with Crippen LogP contribution in [0.15, 0.2) is 6.33 Å². The number of nitrogens with zero attached hydrogens (tertiary/aromatic N) is 7. The monoisotopic (exact) mass is 367 g/mol. The van der Waals surface area contributed by atoms with E-state index >= 15 is 0 Å². The Balaban J connectivity index is 1.34. The molecule has 0 unspecified atom stereocenters. The van der Waals surface area contributed by atoms with Gasteiger partial charge in [-0.3, -0.25) is 4.90 Å². The fourth-order valence-corrected chi connectivity index (χ4v) is 5.00. The molecule has 7 nitrogen and oxygen atoms in total. The number of fused-ring (bicyclic) bond motifs is 1. The van der Waals surface area contributed by atoms with Crippen LogP contribution >= 0.6 is 0 Å². The zero-order valence-electron chi connectivity index (χ0n) is 16.3. The molecule has 2 fully saturated rings. The summed E-state index contributed by atoms with van der Waals surface area (Å²) in [5.74, 6) is 3.84. The summed E-state index contributed by atoms with van der Waals surface area (Å²) < 4.78 is 2.25. The normalized spacial score (nSPS) is 23.1. The van der Waals surface area contributed by atoms with Crippen molar-refractivity contribution in [3.63, 3.8) is 0 Å². The molecule has 1 aliphatic carbocycles. The number of aryl methyl sites for hydroxylation is 1. The number of likely N-dealkylation sites (tertiary alicyclic amines) is 1. The Morgan fingerprint density at radius 3 is 2.78 bits per heavy atom. The highest BCUT2D eigenvalue weighted by molar-refractivity contribution is 5.51. The van der Waals surface area contributed by atoms with E-state index in [9.17, 15) is 0 Å². The fourth-order valence-electron chi connectivity index (χ4n) is 5.00. The van der Waals surface area contributed by atoms with Crippen molar-refractivity contribution in [2.24, 2.45) is 7.05 Å². The predicted octanol–water partition coefficient (Wildman–Crippen LogP) is 2.07. The first kappa shape index (κ1) is 17.1. The molecule has 2 aliphatic heterocycles. The van der Waals surface area contributed by atoms with E-state index < -0.39 is 0 Å². The Morgan fingerprint density at radius 2 is 1.89 bits per heavy atom. The van der Waals surface area contributed by atoms with E-state index in [1.54, 1.807) is 6.33 Å². The molecule has 7 heteroatoms. The van der Waals surface area contributed by atoms with Crippen molar-refractivity contribution in [1.29, 1.82) is 0 Å². The third-order valence-electron chi connectivity index (χ3n) is 6.50. The van der Waals surface area contributed by atoms with Gasteiger partial charge < -0.3 is 9.47 Å². The number of rotatable bonds is 4. The van der Waals surface area contributed by atoms with Crippen molar-refractivity contribution >= 4 is 5.82 Å². The molecule has 5 rings (SSSR count). The van der Waals surface area contributed by atoms with E-state index in [0.29, 0.717) is 5.92 Å². The minimum absolute atomic E-state index is 0.426. The summed E-state index contributed by atoms with van der Waals surface area (Å²) >= 11 is 0. The van der Waals surface area contributed by atoms with E-state index in [1.807, 2.05) is 0 Å². The average molecular weight is 368 g/mol. The summed E-state index contributed by atoms with van der Waals surface area (Å²) in [5.41, 5.74) is 2.64. The molecular weight excluding hydrogens is 338 g/mol. The predicted molar refractivity (Wildman–Crippen MR) is 104 cm³/mol. The quantitative estimate of drug-likeness (QED) is 0.824. The van der Waals surface area contributed by atoms with Gasteiger partial charge in [-0.15, -0.1) is 10.2 Å². The molecular formula is C20H29N7. The van der Waals surface area contributed by atoms with Crippen LogP contribution in [0.3, 0.4) is 0 Å². The van der Waals surface area contributed by atoms with Gasteiger partial charge >= 0.3 is 0 Å². The Morgan fingerprint density at radius 1 is 1.00 bits per heavy atom. The van der Waals surface area contributed by atoms with Crippen LogP contribution in [-0.2, 0) is 26.4 Å². The molecule has 0 bridgehead atoms. The lowest BCUT2D eigenvalue weighted by Gasteiger charge is -2.34. The van der Waals surface area contributed by atoms with Crippen molar-refractivity contribution in [2.45, 2.75) is 57.4 Å². The molecule has 0 aromatic carbocycles. The minimum atomic E-state index is 0.426. The Labute approximate surface area is 160 Å². The van der Waals surface area contributed by atoms with E-state index in [0.717, 1.165) is 44.1 Å². The SMILES string of the molecule is Cn1c(CN2CCCC2)nnc1[C@@H]1CCCN(c2ncnc3c2CCC3)C1. The third-order valence-corrected chi connectivity index (χ3v) is 6.50. The lowest BCUT2D eigenvalue weighted by Crippen LogP contribution is -2.36. The van der Waals surface area contributed by atoms with E-state index in [-0.39, 0.29) is 0 Å².